The van der Waals surface area contributed by atoms with E-state index in [1.807, 2.05) is 4.90 Å². The number of carbonyl (C=O) groups is 2. The molecular formula is C15H26N2O3. The minimum Gasteiger partial charge on any atom is -0.481 e. The summed E-state index contributed by atoms with van der Waals surface area (Å²) in [4.78, 5) is 25.1. The first-order chi connectivity index (χ1) is 9.60. The lowest BCUT2D eigenvalue weighted by Crippen LogP contribution is -2.43. The third-order valence-electron chi connectivity index (χ3n) is 4.92. The maximum absolute atomic E-state index is 12.5. The van der Waals surface area contributed by atoms with E-state index in [1.54, 1.807) is 0 Å². The second-order valence-corrected chi connectivity index (χ2v) is 6.32. The molecule has 1 aliphatic heterocycles. The zero-order chi connectivity index (χ0) is 14.5. The molecule has 1 saturated heterocycles. The number of amides is 1. The Labute approximate surface area is 120 Å². The monoisotopic (exact) mass is 282 g/mol. The van der Waals surface area contributed by atoms with Gasteiger partial charge in [0.2, 0.25) is 5.91 Å². The van der Waals surface area contributed by atoms with E-state index < -0.39 is 5.97 Å². The Hall–Kier alpha value is -1.10. The van der Waals surface area contributed by atoms with Crippen LogP contribution in [0.4, 0.5) is 0 Å². The maximum atomic E-state index is 12.5. The highest BCUT2D eigenvalue weighted by Gasteiger charge is 2.31. The first kappa shape index (κ1) is 15.3. The summed E-state index contributed by atoms with van der Waals surface area (Å²) in [6, 6.07) is 0. The predicted octanol–water partition coefficient (Wildman–Crippen LogP) is 1.46. The molecule has 1 aliphatic carbocycles. The summed E-state index contributed by atoms with van der Waals surface area (Å²) in [5, 5.41) is 8.80. The van der Waals surface area contributed by atoms with E-state index in [0.29, 0.717) is 5.92 Å². The summed E-state index contributed by atoms with van der Waals surface area (Å²) < 4.78 is 0. The molecule has 20 heavy (non-hydrogen) atoms. The van der Waals surface area contributed by atoms with Crippen molar-refractivity contribution in [3.63, 3.8) is 0 Å². The molecule has 0 aromatic heterocycles. The standard InChI is InChI=1S/C15H26N2O3/c16-10-12-1-3-13(4-2-12)15(20)17-7-5-11(6-8-17)9-14(18)19/h11-13H,1-10,16H2,(H,18,19). The lowest BCUT2D eigenvalue weighted by molar-refractivity contribution is -0.140. The molecule has 0 spiro atoms. The average Bonchev–Trinajstić information content (AvgIpc) is 2.47. The van der Waals surface area contributed by atoms with Crippen molar-refractivity contribution in [2.45, 2.75) is 44.9 Å². The van der Waals surface area contributed by atoms with Gasteiger partial charge in [-0.05, 0) is 56.9 Å². The van der Waals surface area contributed by atoms with Crippen molar-refractivity contribution in [3.8, 4) is 0 Å². The lowest BCUT2D eigenvalue weighted by atomic mass is 9.81. The predicted molar refractivity (Wildman–Crippen MR) is 76.1 cm³/mol. The number of likely N-dealkylation sites (tertiary alicyclic amines) is 1. The first-order valence-corrected chi connectivity index (χ1v) is 7.80. The molecule has 1 heterocycles. The zero-order valence-corrected chi connectivity index (χ0v) is 12.1. The number of hydrogen-bond acceptors (Lipinski definition) is 3. The summed E-state index contributed by atoms with van der Waals surface area (Å²) in [5.74, 6) is 0.572. The lowest BCUT2D eigenvalue weighted by Gasteiger charge is -2.36. The molecule has 0 radical (unpaired) electrons. The molecule has 1 amide bonds. The van der Waals surface area contributed by atoms with Crippen LogP contribution in [0.2, 0.25) is 0 Å². The number of piperidine rings is 1. The minimum absolute atomic E-state index is 0.175. The Morgan fingerprint density at radius 1 is 1.00 bits per heavy atom. The van der Waals surface area contributed by atoms with E-state index in [0.717, 1.165) is 58.2 Å². The molecule has 2 aliphatic rings. The molecule has 0 bridgehead atoms. The SMILES string of the molecule is NCC1CCC(C(=O)N2CCC(CC(=O)O)CC2)CC1. The summed E-state index contributed by atoms with van der Waals surface area (Å²) in [7, 11) is 0. The van der Waals surface area contributed by atoms with Crippen LogP contribution in [0.1, 0.15) is 44.9 Å². The fourth-order valence-electron chi connectivity index (χ4n) is 3.51. The van der Waals surface area contributed by atoms with Crippen LogP contribution in [-0.2, 0) is 9.59 Å². The van der Waals surface area contributed by atoms with Gasteiger partial charge in [-0.3, -0.25) is 9.59 Å². The Kier molecular flexibility index (Phi) is 5.40. The average molecular weight is 282 g/mol. The number of aliphatic carboxylic acids is 1. The third kappa shape index (κ3) is 3.95. The Balaban J connectivity index is 1.76. The second-order valence-electron chi connectivity index (χ2n) is 6.32. The van der Waals surface area contributed by atoms with Crippen molar-refractivity contribution in [1.29, 1.82) is 0 Å². The highest BCUT2D eigenvalue weighted by atomic mass is 16.4. The van der Waals surface area contributed by atoms with Crippen LogP contribution < -0.4 is 5.73 Å². The van der Waals surface area contributed by atoms with Crippen LogP contribution in [-0.4, -0.2) is 41.5 Å². The minimum atomic E-state index is -0.727. The van der Waals surface area contributed by atoms with Crippen LogP contribution in [0, 0.1) is 17.8 Å². The molecular weight excluding hydrogens is 256 g/mol. The van der Waals surface area contributed by atoms with Crippen LogP contribution in [0.15, 0.2) is 0 Å². The van der Waals surface area contributed by atoms with Crippen molar-refractivity contribution in [1.82, 2.24) is 4.90 Å². The van der Waals surface area contributed by atoms with E-state index in [1.165, 1.54) is 0 Å². The van der Waals surface area contributed by atoms with Gasteiger partial charge < -0.3 is 15.7 Å². The highest BCUT2D eigenvalue weighted by molar-refractivity contribution is 5.79. The van der Waals surface area contributed by atoms with Crippen molar-refractivity contribution in [3.05, 3.63) is 0 Å². The molecule has 0 aromatic rings. The van der Waals surface area contributed by atoms with Gasteiger partial charge in [-0.2, -0.15) is 0 Å². The van der Waals surface area contributed by atoms with Crippen LogP contribution in [0.5, 0.6) is 0 Å². The first-order valence-electron chi connectivity index (χ1n) is 7.80. The fraction of sp³-hybridized carbons (Fsp3) is 0.867. The van der Waals surface area contributed by atoms with E-state index >= 15 is 0 Å². The van der Waals surface area contributed by atoms with Crippen molar-refractivity contribution < 1.29 is 14.7 Å². The number of nitrogens with two attached hydrogens (primary N) is 1. The smallest absolute Gasteiger partial charge is 0.303 e. The van der Waals surface area contributed by atoms with Gasteiger partial charge in [-0.1, -0.05) is 0 Å². The molecule has 1 saturated carbocycles. The largest absolute Gasteiger partial charge is 0.481 e. The molecule has 5 heteroatoms. The van der Waals surface area contributed by atoms with Crippen LogP contribution >= 0.6 is 0 Å². The Morgan fingerprint density at radius 3 is 2.10 bits per heavy atom. The van der Waals surface area contributed by atoms with Crippen molar-refractivity contribution >= 4 is 11.9 Å². The van der Waals surface area contributed by atoms with Crippen LogP contribution in [0.25, 0.3) is 0 Å². The molecule has 0 aromatic carbocycles. The van der Waals surface area contributed by atoms with E-state index in [-0.39, 0.29) is 24.2 Å². The quantitative estimate of drug-likeness (QED) is 0.817. The summed E-state index contributed by atoms with van der Waals surface area (Å²) >= 11 is 0. The second kappa shape index (κ2) is 7.07. The topological polar surface area (TPSA) is 83.6 Å². The van der Waals surface area contributed by atoms with Gasteiger partial charge in [-0.25, -0.2) is 0 Å². The molecule has 0 unspecified atom stereocenters. The van der Waals surface area contributed by atoms with E-state index in [4.69, 9.17) is 10.8 Å². The van der Waals surface area contributed by atoms with Gasteiger partial charge in [-0.15, -0.1) is 0 Å². The molecule has 3 N–H and O–H groups in total. The van der Waals surface area contributed by atoms with Gasteiger partial charge in [0.15, 0.2) is 0 Å². The normalized spacial score (nSPS) is 28.4. The summed E-state index contributed by atoms with van der Waals surface area (Å²) in [6.45, 7) is 2.20. The number of carbonyl (C=O) groups excluding carboxylic acids is 1. The van der Waals surface area contributed by atoms with Gasteiger partial charge in [0.25, 0.3) is 0 Å². The van der Waals surface area contributed by atoms with E-state index in [2.05, 4.69) is 0 Å². The zero-order valence-electron chi connectivity index (χ0n) is 12.1. The Morgan fingerprint density at radius 2 is 1.60 bits per heavy atom. The fourth-order valence-corrected chi connectivity index (χ4v) is 3.51. The number of rotatable bonds is 4. The molecule has 2 fully saturated rings. The highest BCUT2D eigenvalue weighted by Crippen LogP contribution is 2.31. The molecule has 5 nitrogen and oxygen atoms in total. The van der Waals surface area contributed by atoms with Gasteiger partial charge >= 0.3 is 5.97 Å². The number of carboxylic acids is 1. The van der Waals surface area contributed by atoms with Gasteiger partial charge in [0.1, 0.15) is 0 Å². The van der Waals surface area contributed by atoms with Gasteiger partial charge in [0.05, 0.1) is 0 Å². The third-order valence-corrected chi connectivity index (χ3v) is 4.92. The molecule has 2 rings (SSSR count). The maximum Gasteiger partial charge on any atom is 0.303 e. The molecule has 114 valence electrons. The van der Waals surface area contributed by atoms with Crippen molar-refractivity contribution in [2.24, 2.45) is 23.5 Å². The number of carboxylic acid groups (broad SMARTS) is 1. The summed E-state index contributed by atoms with van der Waals surface area (Å²) in [5.41, 5.74) is 5.68. The van der Waals surface area contributed by atoms with Crippen LogP contribution in [0.3, 0.4) is 0 Å². The number of nitrogens with zero attached hydrogens (tertiary/aromatic N) is 1. The van der Waals surface area contributed by atoms with E-state index in [9.17, 15) is 9.59 Å². The van der Waals surface area contributed by atoms with Crippen molar-refractivity contribution in [2.75, 3.05) is 19.6 Å². The Bertz CT molecular complexity index is 343. The number of hydrogen-bond donors (Lipinski definition) is 2. The molecule has 0 atom stereocenters. The summed E-state index contributed by atoms with van der Waals surface area (Å²) in [6.07, 6.45) is 5.98. The van der Waals surface area contributed by atoms with Gasteiger partial charge in [0, 0.05) is 25.4 Å².